The van der Waals surface area contributed by atoms with E-state index in [1.165, 1.54) is 23.2 Å². The smallest absolute Gasteiger partial charge is 0.394 e. The van der Waals surface area contributed by atoms with Crippen LogP contribution in [-0.2, 0) is 23.1 Å². The number of imidazole rings is 1. The maximum Gasteiger partial charge on any atom is 0.472 e. The molecule has 8 N–H and O–H groups in total. The number of anilines is 2. The van der Waals surface area contributed by atoms with Crippen LogP contribution in [0.3, 0.4) is 0 Å². The largest absolute Gasteiger partial charge is 0.472 e. The van der Waals surface area contributed by atoms with Gasteiger partial charge in [-0.3, -0.25) is 28.0 Å². The summed E-state index contributed by atoms with van der Waals surface area (Å²) in [7, 11) is -4.02. The Hall–Kier alpha value is -3.22. The first-order valence-corrected chi connectivity index (χ1v) is 12.9. The fourth-order valence-corrected chi connectivity index (χ4v) is 5.31. The van der Waals surface area contributed by atoms with Crippen LogP contribution >= 0.6 is 7.82 Å². The molecule has 3 aliphatic heterocycles. The number of aliphatic hydroxyl groups is 2. The number of fused-ring (bicyclic) bond motifs is 2. The Balaban J connectivity index is 0.000000163. The van der Waals surface area contributed by atoms with Gasteiger partial charge in [-0.15, -0.1) is 0 Å². The highest BCUT2D eigenvalue weighted by Gasteiger charge is 2.46. The third-order valence-corrected chi connectivity index (χ3v) is 7.17. The number of nitrogen functional groups attached to an aromatic ring is 2. The van der Waals surface area contributed by atoms with Gasteiger partial charge in [-0.1, -0.05) is 0 Å². The molecule has 6 heterocycles. The number of nitrogens with two attached hydrogens (primary N) is 2. The van der Waals surface area contributed by atoms with E-state index in [4.69, 9.17) is 35.1 Å². The van der Waals surface area contributed by atoms with Crippen molar-refractivity contribution in [3.8, 4) is 0 Å². The summed E-state index contributed by atoms with van der Waals surface area (Å²) in [6, 6.07) is 1.48. The number of rotatable bonds is 3. The molecule has 38 heavy (non-hydrogen) atoms. The minimum Gasteiger partial charge on any atom is -0.394 e. The number of nitrogens with one attached hydrogen (secondary N) is 1. The lowest BCUT2D eigenvalue weighted by Crippen LogP contribution is -2.32. The van der Waals surface area contributed by atoms with Gasteiger partial charge >= 0.3 is 13.5 Å². The summed E-state index contributed by atoms with van der Waals surface area (Å²) < 4.78 is 35.0. The molecule has 3 aliphatic rings. The lowest BCUT2D eigenvalue weighted by Gasteiger charge is -2.26. The molecule has 18 nitrogen and oxygen atoms in total. The average Bonchev–Trinajstić information content (AvgIpc) is 3.54. The van der Waals surface area contributed by atoms with Crippen molar-refractivity contribution in [2.45, 2.75) is 49.7 Å². The lowest BCUT2D eigenvalue weighted by atomic mass is 10.2. The van der Waals surface area contributed by atoms with Gasteiger partial charge in [0, 0.05) is 19.0 Å². The number of hydrogen-bond acceptors (Lipinski definition) is 14. The summed E-state index contributed by atoms with van der Waals surface area (Å²) in [5.41, 5.74) is 10.3. The minimum atomic E-state index is -4.02. The van der Waals surface area contributed by atoms with Crippen molar-refractivity contribution in [2.24, 2.45) is 0 Å². The summed E-state index contributed by atoms with van der Waals surface area (Å²) in [5, 5.41) is 18.4. The Morgan fingerprint density at radius 1 is 1.13 bits per heavy atom. The van der Waals surface area contributed by atoms with Gasteiger partial charge in [0.05, 0.1) is 25.6 Å². The number of H-pyrrole nitrogens is 1. The zero-order chi connectivity index (χ0) is 27.2. The molecule has 0 bridgehead atoms. The third kappa shape index (κ3) is 5.20. The number of ether oxygens (including phenoxy) is 2. The first kappa shape index (κ1) is 26.4. The van der Waals surface area contributed by atoms with Crippen molar-refractivity contribution in [3.63, 3.8) is 0 Å². The van der Waals surface area contributed by atoms with Crippen molar-refractivity contribution in [2.75, 3.05) is 24.7 Å². The number of aromatic amines is 1. The molecule has 6 rings (SSSR count). The number of hydrogen-bond donors (Lipinski definition) is 6. The van der Waals surface area contributed by atoms with E-state index in [2.05, 4.69) is 19.9 Å². The highest BCUT2D eigenvalue weighted by atomic mass is 31.2. The maximum atomic E-state index is 11.8. The quantitative estimate of drug-likeness (QED) is 0.190. The minimum absolute atomic E-state index is 0.0332. The molecule has 0 aromatic carbocycles. The van der Waals surface area contributed by atoms with Crippen molar-refractivity contribution in [3.05, 3.63) is 39.4 Å². The molecular weight excluding hydrogens is 531 g/mol. The fraction of sp³-hybridized carbons (Fsp3) is 0.526. The second kappa shape index (κ2) is 10.2. The average molecular weight is 556 g/mol. The van der Waals surface area contributed by atoms with Gasteiger partial charge in [-0.05, 0) is 6.07 Å². The van der Waals surface area contributed by atoms with Crippen LogP contribution in [0, 0.1) is 0 Å². The summed E-state index contributed by atoms with van der Waals surface area (Å²) in [4.78, 5) is 46.5. The van der Waals surface area contributed by atoms with Gasteiger partial charge in [0.1, 0.15) is 36.6 Å². The zero-order valence-electron chi connectivity index (χ0n) is 19.6. The number of nitrogens with zero attached hydrogens (tertiary/aromatic N) is 5. The first-order chi connectivity index (χ1) is 18.0. The lowest BCUT2D eigenvalue weighted by molar-refractivity contribution is -0.0661. The van der Waals surface area contributed by atoms with Gasteiger partial charge in [0.15, 0.2) is 11.2 Å². The molecule has 3 saturated heterocycles. The summed E-state index contributed by atoms with van der Waals surface area (Å²) >= 11 is 0. The Kier molecular flexibility index (Phi) is 7.05. The van der Waals surface area contributed by atoms with E-state index in [9.17, 15) is 24.2 Å². The molecule has 206 valence electrons. The monoisotopic (exact) mass is 556 g/mol. The van der Waals surface area contributed by atoms with Crippen LogP contribution in [-0.4, -0.2) is 81.8 Å². The molecular formula is C19H25N8O10P. The molecule has 0 spiro atoms. The van der Waals surface area contributed by atoms with Crippen LogP contribution in [0.25, 0.3) is 11.2 Å². The van der Waals surface area contributed by atoms with E-state index in [1.54, 1.807) is 4.57 Å². The second-order valence-electron chi connectivity index (χ2n) is 8.71. The number of aromatic nitrogens is 6. The molecule has 0 radical (unpaired) electrons. The molecule has 3 aromatic heterocycles. The van der Waals surface area contributed by atoms with Gasteiger partial charge in [-0.2, -0.15) is 9.97 Å². The summed E-state index contributed by atoms with van der Waals surface area (Å²) in [6.07, 6.45) is -0.218. The van der Waals surface area contributed by atoms with Gasteiger partial charge in [-0.25, -0.2) is 14.3 Å². The van der Waals surface area contributed by atoms with Crippen LogP contribution in [0.5, 0.6) is 0 Å². The highest BCUT2D eigenvalue weighted by Crippen LogP contribution is 2.52. The van der Waals surface area contributed by atoms with Gasteiger partial charge < -0.3 is 36.0 Å². The molecule has 0 amide bonds. The van der Waals surface area contributed by atoms with Crippen molar-refractivity contribution in [1.82, 2.24) is 29.1 Å². The Morgan fingerprint density at radius 3 is 2.61 bits per heavy atom. The Labute approximate surface area is 212 Å². The van der Waals surface area contributed by atoms with Gasteiger partial charge in [0.2, 0.25) is 5.95 Å². The predicted molar refractivity (Wildman–Crippen MR) is 126 cm³/mol. The molecule has 0 saturated carbocycles. The maximum absolute atomic E-state index is 11.8. The van der Waals surface area contributed by atoms with E-state index in [0.29, 0.717) is 6.42 Å². The summed E-state index contributed by atoms with van der Waals surface area (Å²) in [5.74, 6) is 0.104. The van der Waals surface area contributed by atoms with E-state index < -0.39 is 55.9 Å². The second-order valence-corrected chi connectivity index (χ2v) is 10.1. The molecule has 3 fully saturated rings. The number of aliphatic hydroxyl groups excluding tert-OH is 2. The van der Waals surface area contributed by atoms with Crippen molar-refractivity contribution >= 4 is 30.8 Å². The summed E-state index contributed by atoms with van der Waals surface area (Å²) in [6.45, 7) is -0.327. The Bertz CT molecular complexity index is 1490. The standard InChI is InChI=1S/C10H12N5O6P.C9H13N3O4/c11-10-13-8-7(9(16)14-10)12-3-15(8)6-1-4-5(20-6)2-19-22(17,18)21-4;10-7-1-2-12(9(15)11-7)8-3-5(14)6(4-13)16-8/h3-6H,1-2H2,(H,17,18)(H3,11,13,14,16);1-2,5-6,8,13-14H,3-4H2,(H2,10,11,15)/t4-,5+,6+;5-,6+,8+/m00/s1. The Morgan fingerprint density at radius 2 is 1.89 bits per heavy atom. The van der Waals surface area contributed by atoms with Crippen LogP contribution in [0.15, 0.2) is 28.2 Å². The van der Waals surface area contributed by atoms with Crippen LogP contribution in [0.1, 0.15) is 25.3 Å². The molecule has 19 heteroatoms. The molecule has 0 aliphatic carbocycles. The van der Waals surface area contributed by atoms with E-state index in [-0.39, 0.29) is 42.6 Å². The zero-order valence-corrected chi connectivity index (χ0v) is 20.5. The van der Waals surface area contributed by atoms with Crippen LogP contribution in [0.4, 0.5) is 11.8 Å². The first-order valence-electron chi connectivity index (χ1n) is 11.4. The van der Waals surface area contributed by atoms with E-state index in [1.807, 2.05) is 0 Å². The van der Waals surface area contributed by atoms with Gasteiger partial charge in [0.25, 0.3) is 5.56 Å². The molecule has 3 aromatic rings. The van der Waals surface area contributed by atoms with Crippen LogP contribution in [0.2, 0.25) is 0 Å². The number of phosphoric ester groups is 1. The van der Waals surface area contributed by atoms with Crippen LogP contribution < -0.4 is 22.7 Å². The SMILES string of the molecule is Nc1ccn([C@H]2C[C@H](O)[C@@H](CO)O2)c(=O)n1.Nc1nc2c(ncn2[C@H]2C[C@@H]3OP(=O)(O)OC[C@H]3O2)c(=O)[nH]1. The van der Waals surface area contributed by atoms with E-state index >= 15 is 0 Å². The highest BCUT2D eigenvalue weighted by molar-refractivity contribution is 7.47. The molecule has 1 unspecified atom stereocenters. The fourth-order valence-electron chi connectivity index (χ4n) is 4.35. The normalized spacial score (nSPS) is 32.6. The van der Waals surface area contributed by atoms with Crippen molar-refractivity contribution in [1.29, 1.82) is 0 Å². The molecule has 7 atom stereocenters. The van der Waals surface area contributed by atoms with E-state index in [0.717, 1.165) is 0 Å². The topological polar surface area (TPSA) is 265 Å². The van der Waals surface area contributed by atoms with Crippen molar-refractivity contribution < 1.29 is 38.2 Å². The number of phosphoric acid groups is 1. The predicted octanol–water partition coefficient (Wildman–Crippen LogP) is -2.03. The third-order valence-electron chi connectivity index (χ3n) is 6.16.